The van der Waals surface area contributed by atoms with Gasteiger partial charge in [-0.25, -0.2) is 0 Å². The molecule has 2 aromatic rings. The summed E-state index contributed by atoms with van der Waals surface area (Å²) in [4.78, 5) is 21.2. The van der Waals surface area contributed by atoms with Gasteiger partial charge in [0.1, 0.15) is 12.0 Å². The Morgan fingerprint density at radius 3 is 2.67 bits per heavy atom. The monoisotopic (exact) mass is 324 g/mol. The Hall–Kier alpha value is -3.66. The number of allylic oxidation sites excluding steroid dienone is 1. The maximum Gasteiger partial charge on any atom is 0.270 e. The van der Waals surface area contributed by atoms with Crippen LogP contribution in [-0.4, -0.2) is 18.3 Å². The molecule has 24 heavy (non-hydrogen) atoms. The van der Waals surface area contributed by atoms with Crippen LogP contribution in [0.15, 0.2) is 48.5 Å². The van der Waals surface area contributed by atoms with Gasteiger partial charge in [0.05, 0.1) is 24.2 Å². The summed E-state index contributed by atoms with van der Waals surface area (Å²) in [6, 6.07) is 12.1. The molecule has 0 saturated carbocycles. The third-order valence-corrected chi connectivity index (χ3v) is 3.08. The van der Waals surface area contributed by atoms with Crippen LogP contribution in [0.3, 0.4) is 0 Å². The van der Waals surface area contributed by atoms with E-state index in [1.807, 2.05) is 6.07 Å². The third-order valence-electron chi connectivity index (χ3n) is 3.08. The third kappa shape index (κ3) is 3.75. The van der Waals surface area contributed by atoms with Crippen molar-refractivity contribution >= 4 is 17.7 Å². The first-order valence-corrected chi connectivity index (χ1v) is 6.74. The minimum absolute atomic E-state index is 0.122. The smallest absolute Gasteiger partial charge is 0.270 e. The second-order valence-electron chi connectivity index (χ2n) is 4.58. The molecule has 0 aliphatic rings. The van der Waals surface area contributed by atoms with Crippen molar-refractivity contribution in [2.45, 2.75) is 0 Å². The molecule has 2 rings (SSSR count). The molecular formula is C17H12N2O5. The van der Waals surface area contributed by atoms with E-state index in [0.29, 0.717) is 23.2 Å². The average Bonchev–Trinajstić information content (AvgIpc) is 2.61. The Labute approximate surface area is 137 Å². The van der Waals surface area contributed by atoms with Gasteiger partial charge in [0, 0.05) is 23.3 Å². The van der Waals surface area contributed by atoms with E-state index in [1.165, 1.54) is 43.5 Å². The van der Waals surface area contributed by atoms with E-state index in [0.717, 1.165) is 6.08 Å². The average molecular weight is 324 g/mol. The van der Waals surface area contributed by atoms with Gasteiger partial charge in [-0.1, -0.05) is 12.1 Å². The number of aldehydes is 1. The van der Waals surface area contributed by atoms with Crippen molar-refractivity contribution in [3.05, 3.63) is 69.8 Å². The van der Waals surface area contributed by atoms with Gasteiger partial charge in [-0.15, -0.1) is 0 Å². The Morgan fingerprint density at radius 1 is 1.25 bits per heavy atom. The van der Waals surface area contributed by atoms with Crippen LogP contribution < -0.4 is 9.47 Å². The number of nitriles is 1. The zero-order chi connectivity index (χ0) is 17.5. The van der Waals surface area contributed by atoms with E-state index < -0.39 is 4.92 Å². The van der Waals surface area contributed by atoms with E-state index in [2.05, 4.69) is 0 Å². The highest BCUT2D eigenvalue weighted by atomic mass is 16.6. The first-order valence-electron chi connectivity index (χ1n) is 6.74. The summed E-state index contributed by atoms with van der Waals surface area (Å²) in [5, 5.41) is 19.8. The number of ether oxygens (including phenoxy) is 2. The number of hydrogen-bond donors (Lipinski definition) is 0. The van der Waals surface area contributed by atoms with Crippen LogP contribution in [0.5, 0.6) is 11.5 Å². The van der Waals surface area contributed by atoms with Crippen LogP contribution in [0, 0.1) is 21.4 Å². The van der Waals surface area contributed by atoms with Crippen molar-refractivity contribution in [2.24, 2.45) is 0 Å². The van der Waals surface area contributed by atoms with Crippen LogP contribution in [0.2, 0.25) is 0 Å². The molecule has 0 heterocycles. The number of methoxy groups -OCH3 is 1. The molecule has 0 amide bonds. The number of nitro benzene ring substituents is 1. The van der Waals surface area contributed by atoms with Crippen LogP contribution in [0.4, 0.5) is 5.69 Å². The molecule has 0 bridgehead atoms. The number of nitrogens with zero attached hydrogens (tertiary/aromatic N) is 2. The molecule has 120 valence electrons. The molecule has 7 nitrogen and oxygen atoms in total. The fourth-order valence-electron chi connectivity index (χ4n) is 1.96. The lowest BCUT2D eigenvalue weighted by Crippen LogP contribution is -1.99. The molecule has 0 fully saturated rings. The summed E-state index contributed by atoms with van der Waals surface area (Å²) in [7, 11) is 1.41. The molecule has 0 spiro atoms. The van der Waals surface area contributed by atoms with Gasteiger partial charge in [0.15, 0.2) is 11.5 Å². The molecular weight excluding hydrogens is 312 g/mol. The molecule has 0 unspecified atom stereocenters. The normalized spacial score (nSPS) is 10.6. The number of non-ortho nitro benzene ring substituents is 1. The van der Waals surface area contributed by atoms with Crippen molar-refractivity contribution in [3.8, 4) is 17.6 Å². The van der Waals surface area contributed by atoms with Crippen LogP contribution in [0.1, 0.15) is 15.9 Å². The summed E-state index contributed by atoms with van der Waals surface area (Å²) in [6.45, 7) is 0. The minimum Gasteiger partial charge on any atom is -0.493 e. The van der Waals surface area contributed by atoms with Crippen LogP contribution in [0.25, 0.3) is 5.76 Å². The molecule has 0 aliphatic heterocycles. The second-order valence-corrected chi connectivity index (χ2v) is 4.58. The maximum absolute atomic E-state index is 10.9. The fraction of sp³-hybridized carbons (Fsp3) is 0.0588. The van der Waals surface area contributed by atoms with E-state index in [4.69, 9.17) is 14.7 Å². The van der Waals surface area contributed by atoms with E-state index in [9.17, 15) is 14.9 Å². The predicted octanol–water partition coefficient (Wildman–Crippen LogP) is 3.36. The summed E-state index contributed by atoms with van der Waals surface area (Å²) in [6.07, 6.45) is 1.80. The van der Waals surface area contributed by atoms with Gasteiger partial charge in [-0.2, -0.15) is 5.26 Å². The predicted molar refractivity (Wildman–Crippen MR) is 85.7 cm³/mol. The van der Waals surface area contributed by atoms with Crippen molar-refractivity contribution in [1.82, 2.24) is 0 Å². The summed E-state index contributed by atoms with van der Waals surface area (Å²) >= 11 is 0. The topological polar surface area (TPSA) is 102 Å². The number of benzene rings is 2. The minimum atomic E-state index is -0.535. The van der Waals surface area contributed by atoms with Crippen molar-refractivity contribution < 1.29 is 19.2 Å². The summed E-state index contributed by atoms with van der Waals surface area (Å²) in [5.41, 5.74) is 0.649. The lowest BCUT2D eigenvalue weighted by atomic mass is 10.1. The molecule has 0 atom stereocenters. The zero-order valence-electron chi connectivity index (χ0n) is 12.6. The highest BCUT2D eigenvalue weighted by Gasteiger charge is 2.13. The van der Waals surface area contributed by atoms with E-state index in [1.54, 1.807) is 6.07 Å². The number of hydrogen-bond acceptors (Lipinski definition) is 6. The highest BCUT2D eigenvalue weighted by molar-refractivity contribution is 5.77. The Morgan fingerprint density at radius 2 is 2.04 bits per heavy atom. The number of carbonyl (C=O) groups is 1. The van der Waals surface area contributed by atoms with Crippen LogP contribution in [-0.2, 0) is 0 Å². The molecule has 0 N–H and O–H groups in total. The fourth-order valence-corrected chi connectivity index (χ4v) is 1.96. The lowest BCUT2D eigenvalue weighted by molar-refractivity contribution is -0.384. The van der Waals surface area contributed by atoms with Gasteiger partial charge >= 0.3 is 0 Å². The largest absolute Gasteiger partial charge is 0.493 e. The maximum atomic E-state index is 10.9. The Balaban J connectivity index is 2.42. The molecule has 7 heteroatoms. The van der Waals surface area contributed by atoms with Gasteiger partial charge in [-0.3, -0.25) is 14.9 Å². The SMILES string of the molecule is COc1cc(C=O)ccc1O/C(=C/C#N)c1cccc([N+](=O)[O-])c1. The lowest BCUT2D eigenvalue weighted by Gasteiger charge is -2.13. The van der Waals surface area contributed by atoms with E-state index in [-0.39, 0.29) is 17.2 Å². The summed E-state index contributed by atoms with van der Waals surface area (Å²) in [5.74, 6) is 0.698. The van der Waals surface area contributed by atoms with Crippen molar-refractivity contribution in [3.63, 3.8) is 0 Å². The van der Waals surface area contributed by atoms with Crippen molar-refractivity contribution in [2.75, 3.05) is 7.11 Å². The standard InChI is InChI=1S/C17H12N2O5/c1-23-17-9-12(11-20)5-6-16(17)24-15(7-8-18)13-3-2-4-14(10-13)19(21)22/h2-7,9-11H,1H3/b15-7+. The number of rotatable bonds is 6. The van der Waals surface area contributed by atoms with Gasteiger partial charge < -0.3 is 9.47 Å². The summed E-state index contributed by atoms with van der Waals surface area (Å²) < 4.78 is 10.8. The highest BCUT2D eigenvalue weighted by Crippen LogP contribution is 2.32. The van der Waals surface area contributed by atoms with Gasteiger partial charge in [-0.05, 0) is 18.2 Å². The van der Waals surface area contributed by atoms with Gasteiger partial charge in [0.2, 0.25) is 0 Å². The first-order chi connectivity index (χ1) is 11.6. The van der Waals surface area contributed by atoms with Crippen LogP contribution >= 0.6 is 0 Å². The molecule has 0 aliphatic carbocycles. The number of nitro groups is 1. The Kier molecular flexibility index (Phi) is 5.26. The van der Waals surface area contributed by atoms with E-state index >= 15 is 0 Å². The second kappa shape index (κ2) is 7.56. The molecule has 0 aromatic heterocycles. The molecule has 0 radical (unpaired) electrons. The number of carbonyl (C=O) groups excluding carboxylic acids is 1. The Bertz CT molecular complexity index is 852. The zero-order valence-corrected chi connectivity index (χ0v) is 12.6. The first kappa shape index (κ1) is 16.7. The molecule has 0 saturated heterocycles. The quantitative estimate of drug-likeness (QED) is 0.265. The van der Waals surface area contributed by atoms with Gasteiger partial charge in [0.25, 0.3) is 5.69 Å². The molecule has 2 aromatic carbocycles. The van der Waals surface area contributed by atoms with Crippen molar-refractivity contribution in [1.29, 1.82) is 5.26 Å².